The number of benzene rings is 1. The van der Waals surface area contributed by atoms with Gasteiger partial charge in [-0.3, -0.25) is 14.4 Å². The quantitative estimate of drug-likeness (QED) is 0.755. The highest BCUT2D eigenvalue weighted by Gasteiger charge is 2.34. The normalized spacial score (nSPS) is 23.5. The van der Waals surface area contributed by atoms with Crippen molar-refractivity contribution in [3.8, 4) is 0 Å². The molecular weight excluding hydrogens is 378 g/mol. The van der Waals surface area contributed by atoms with E-state index in [1.54, 1.807) is 0 Å². The van der Waals surface area contributed by atoms with Crippen LogP contribution in [0.3, 0.4) is 0 Å². The molecule has 2 heterocycles. The molecule has 4 rings (SSSR count). The molecule has 1 atom stereocenters. The molecule has 3 amide bonds. The van der Waals surface area contributed by atoms with Gasteiger partial charge in [0.15, 0.2) is 0 Å². The average Bonchev–Trinajstić information content (AvgIpc) is 3.01. The minimum atomic E-state index is -0.118. The molecule has 1 unspecified atom stereocenters. The van der Waals surface area contributed by atoms with E-state index in [-0.39, 0.29) is 23.6 Å². The Morgan fingerprint density at radius 2 is 1.63 bits per heavy atom. The lowest BCUT2D eigenvalue weighted by Crippen LogP contribution is -2.49. The van der Waals surface area contributed by atoms with Gasteiger partial charge in [0.1, 0.15) is 0 Å². The molecule has 6 heteroatoms. The first kappa shape index (κ1) is 20.9. The van der Waals surface area contributed by atoms with Crippen LogP contribution in [0.1, 0.15) is 69.8 Å². The van der Waals surface area contributed by atoms with E-state index in [1.807, 2.05) is 34.1 Å². The van der Waals surface area contributed by atoms with Gasteiger partial charge in [-0.05, 0) is 43.4 Å². The van der Waals surface area contributed by atoms with Crippen LogP contribution in [-0.2, 0) is 20.9 Å². The van der Waals surface area contributed by atoms with E-state index < -0.39 is 0 Å². The molecule has 0 radical (unpaired) electrons. The van der Waals surface area contributed by atoms with Gasteiger partial charge in [0.2, 0.25) is 17.7 Å². The number of amides is 3. The summed E-state index contributed by atoms with van der Waals surface area (Å²) in [4.78, 5) is 41.0. The first-order valence-corrected chi connectivity index (χ1v) is 11.6. The fourth-order valence-electron chi connectivity index (χ4n) is 5.06. The number of piperidine rings is 1. The lowest BCUT2D eigenvalue weighted by atomic mass is 9.93. The van der Waals surface area contributed by atoms with Crippen molar-refractivity contribution in [1.82, 2.24) is 10.2 Å². The third-order valence-electron chi connectivity index (χ3n) is 6.87. The monoisotopic (exact) mass is 411 g/mol. The van der Waals surface area contributed by atoms with Crippen LogP contribution in [0, 0.1) is 5.92 Å². The predicted octanol–water partition coefficient (Wildman–Crippen LogP) is 3.39. The van der Waals surface area contributed by atoms with Crippen LogP contribution < -0.4 is 10.2 Å². The van der Waals surface area contributed by atoms with Crippen LogP contribution in [0.4, 0.5) is 5.69 Å². The summed E-state index contributed by atoms with van der Waals surface area (Å²) in [5, 5.41) is 3.06. The minimum absolute atomic E-state index is 0.0416. The largest absolute Gasteiger partial charge is 0.352 e. The Balaban J connectivity index is 1.30. The lowest BCUT2D eigenvalue weighted by molar-refractivity contribution is -0.141. The Morgan fingerprint density at radius 3 is 2.30 bits per heavy atom. The SMILES string of the molecule is O=C(NCc1ccc(N2CCCC2=O)cc1)C1CCC(=O)N(C2CCCCCC2)C1. The number of hydrogen-bond donors (Lipinski definition) is 1. The van der Waals surface area contributed by atoms with E-state index in [4.69, 9.17) is 0 Å². The molecule has 2 aliphatic heterocycles. The molecule has 6 nitrogen and oxygen atoms in total. The average molecular weight is 412 g/mol. The van der Waals surface area contributed by atoms with E-state index in [0.717, 1.165) is 37.1 Å². The molecular formula is C24H33N3O3. The number of carbonyl (C=O) groups excluding carboxylic acids is 3. The second-order valence-corrected chi connectivity index (χ2v) is 8.96. The molecule has 0 aromatic heterocycles. The topological polar surface area (TPSA) is 69.7 Å². The van der Waals surface area contributed by atoms with Crippen LogP contribution in [0.5, 0.6) is 0 Å². The van der Waals surface area contributed by atoms with Crippen LogP contribution in [0.25, 0.3) is 0 Å². The fraction of sp³-hybridized carbons (Fsp3) is 0.625. The van der Waals surface area contributed by atoms with Crippen LogP contribution in [0.2, 0.25) is 0 Å². The predicted molar refractivity (Wildman–Crippen MR) is 116 cm³/mol. The van der Waals surface area contributed by atoms with Crippen LogP contribution >= 0.6 is 0 Å². The van der Waals surface area contributed by atoms with Crippen molar-refractivity contribution in [1.29, 1.82) is 0 Å². The van der Waals surface area contributed by atoms with E-state index in [0.29, 0.717) is 38.4 Å². The van der Waals surface area contributed by atoms with Gasteiger partial charge in [-0.2, -0.15) is 0 Å². The molecule has 30 heavy (non-hydrogen) atoms. The number of carbonyl (C=O) groups is 3. The number of anilines is 1. The lowest BCUT2D eigenvalue weighted by Gasteiger charge is -2.37. The molecule has 3 fully saturated rings. The van der Waals surface area contributed by atoms with Gasteiger partial charge in [0, 0.05) is 44.2 Å². The van der Waals surface area contributed by atoms with Crippen molar-refractivity contribution < 1.29 is 14.4 Å². The van der Waals surface area contributed by atoms with Gasteiger partial charge < -0.3 is 15.1 Å². The first-order chi connectivity index (χ1) is 14.6. The summed E-state index contributed by atoms with van der Waals surface area (Å²) in [6, 6.07) is 8.18. The Kier molecular flexibility index (Phi) is 6.70. The van der Waals surface area contributed by atoms with E-state index >= 15 is 0 Å². The van der Waals surface area contributed by atoms with Crippen LogP contribution in [0.15, 0.2) is 24.3 Å². The smallest absolute Gasteiger partial charge is 0.227 e. The highest BCUT2D eigenvalue weighted by Crippen LogP contribution is 2.27. The van der Waals surface area contributed by atoms with E-state index in [2.05, 4.69) is 5.32 Å². The molecule has 1 saturated carbocycles. The fourth-order valence-corrected chi connectivity index (χ4v) is 5.06. The number of nitrogens with zero attached hydrogens (tertiary/aromatic N) is 2. The van der Waals surface area contributed by atoms with Gasteiger partial charge >= 0.3 is 0 Å². The Labute approximate surface area is 179 Å². The summed E-state index contributed by atoms with van der Waals surface area (Å²) in [6.07, 6.45) is 9.70. The van der Waals surface area contributed by atoms with Gasteiger partial charge in [-0.15, -0.1) is 0 Å². The molecule has 0 spiro atoms. The molecule has 1 aromatic rings. The van der Waals surface area contributed by atoms with Crippen molar-refractivity contribution in [2.75, 3.05) is 18.0 Å². The molecule has 162 valence electrons. The van der Waals surface area contributed by atoms with E-state index in [1.165, 1.54) is 25.7 Å². The maximum absolute atomic E-state index is 12.8. The van der Waals surface area contributed by atoms with Crippen molar-refractivity contribution in [2.24, 2.45) is 5.92 Å². The van der Waals surface area contributed by atoms with Crippen molar-refractivity contribution in [2.45, 2.75) is 76.8 Å². The zero-order valence-electron chi connectivity index (χ0n) is 17.8. The van der Waals surface area contributed by atoms with Crippen molar-refractivity contribution in [3.63, 3.8) is 0 Å². The molecule has 1 aromatic carbocycles. The summed E-state index contributed by atoms with van der Waals surface area (Å²) in [5.74, 6) is 0.325. The van der Waals surface area contributed by atoms with Crippen LogP contribution in [-0.4, -0.2) is 41.8 Å². The maximum Gasteiger partial charge on any atom is 0.227 e. The van der Waals surface area contributed by atoms with E-state index in [9.17, 15) is 14.4 Å². The zero-order chi connectivity index (χ0) is 20.9. The van der Waals surface area contributed by atoms with Gasteiger partial charge in [0.25, 0.3) is 0 Å². The Bertz CT molecular complexity index is 768. The van der Waals surface area contributed by atoms with Crippen molar-refractivity contribution in [3.05, 3.63) is 29.8 Å². The second-order valence-electron chi connectivity index (χ2n) is 8.96. The highest BCUT2D eigenvalue weighted by molar-refractivity contribution is 5.95. The zero-order valence-corrected chi connectivity index (χ0v) is 17.8. The van der Waals surface area contributed by atoms with Crippen molar-refractivity contribution >= 4 is 23.4 Å². The number of nitrogens with one attached hydrogen (secondary N) is 1. The Hall–Kier alpha value is -2.37. The third-order valence-corrected chi connectivity index (χ3v) is 6.87. The summed E-state index contributed by atoms with van der Waals surface area (Å²) in [5.41, 5.74) is 1.95. The Morgan fingerprint density at radius 1 is 0.900 bits per heavy atom. The van der Waals surface area contributed by atoms with Gasteiger partial charge in [-0.1, -0.05) is 37.8 Å². The number of likely N-dealkylation sites (tertiary alicyclic amines) is 1. The molecule has 1 aliphatic carbocycles. The first-order valence-electron chi connectivity index (χ1n) is 11.6. The summed E-state index contributed by atoms with van der Waals surface area (Å²) in [6.45, 7) is 1.82. The number of rotatable bonds is 5. The molecule has 3 aliphatic rings. The summed E-state index contributed by atoms with van der Waals surface area (Å²) >= 11 is 0. The molecule has 1 N–H and O–H groups in total. The number of hydrogen-bond acceptors (Lipinski definition) is 3. The second kappa shape index (κ2) is 9.63. The standard InChI is InChI=1S/C24H33N3O3/c28-22-8-5-15-26(22)21-12-9-18(10-13-21)16-25-24(30)19-11-14-23(29)27(17-19)20-6-3-1-2-4-7-20/h9-10,12-13,19-20H,1-8,11,14-17H2,(H,25,30). The molecule has 0 bridgehead atoms. The molecule has 2 saturated heterocycles. The summed E-state index contributed by atoms with van der Waals surface area (Å²) < 4.78 is 0. The third kappa shape index (κ3) is 4.85. The van der Waals surface area contributed by atoms with Gasteiger partial charge in [-0.25, -0.2) is 0 Å². The highest BCUT2D eigenvalue weighted by atomic mass is 16.2. The minimum Gasteiger partial charge on any atom is -0.352 e. The summed E-state index contributed by atoms with van der Waals surface area (Å²) in [7, 11) is 0. The maximum atomic E-state index is 12.8. The van der Waals surface area contributed by atoms with Gasteiger partial charge in [0.05, 0.1) is 5.92 Å².